The Morgan fingerprint density at radius 2 is 2.25 bits per heavy atom. The van der Waals surface area contributed by atoms with Crippen molar-refractivity contribution in [2.75, 3.05) is 25.0 Å². The highest BCUT2D eigenvalue weighted by Crippen LogP contribution is 2.31. The Balaban J connectivity index is 2.29. The number of anilines is 1. The minimum atomic E-state index is -0.416. The molecule has 0 fully saturated rings. The molecule has 0 spiro atoms. The fourth-order valence-electron chi connectivity index (χ4n) is 2.36. The van der Waals surface area contributed by atoms with Crippen molar-refractivity contribution in [3.8, 4) is 0 Å². The third-order valence-electron chi connectivity index (χ3n) is 3.28. The highest BCUT2D eigenvalue weighted by atomic mass is 16.6. The number of benzene rings is 1. The minimum Gasteiger partial charge on any atom is -0.316 e. The van der Waals surface area contributed by atoms with E-state index in [1.165, 1.54) is 6.07 Å². The predicted octanol–water partition coefficient (Wildman–Crippen LogP) is 1.65. The lowest BCUT2D eigenvalue weighted by Crippen LogP contribution is -2.37. The number of rotatable bonds is 5. The molecule has 0 unspecified atom stereocenters. The molecule has 1 N–H and O–H groups in total. The summed E-state index contributed by atoms with van der Waals surface area (Å²) < 4.78 is 0. The molecule has 0 saturated heterocycles. The maximum Gasteiger partial charge on any atom is 0.269 e. The second-order valence-corrected chi connectivity index (χ2v) is 4.83. The van der Waals surface area contributed by atoms with E-state index in [0.29, 0.717) is 25.9 Å². The van der Waals surface area contributed by atoms with Gasteiger partial charge in [-0.05, 0) is 30.7 Å². The third-order valence-corrected chi connectivity index (χ3v) is 3.28. The molecular formula is C14H17N3O3. The molecule has 1 aromatic rings. The van der Waals surface area contributed by atoms with Crippen LogP contribution in [0.5, 0.6) is 0 Å². The van der Waals surface area contributed by atoms with Crippen LogP contribution in [0.1, 0.15) is 12.0 Å². The fourth-order valence-corrected chi connectivity index (χ4v) is 2.36. The monoisotopic (exact) mass is 275 g/mol. The first-order valence-electron chi connectivity index (χ1n) is 6.42. The molecule has 6 heteroatoms. The van der Waals surface area contributed by atoms with Crippen LogP contribution in [-0.2, 0) is 11.2 Å². The highest BCUT2D eigenvalue weighted by Gasteiger charge is 2.25. The summed E-state index contributed by atoms with van der Waals surface area (Å²) in [6.07, 6.45) is 0.922. The molecule has 6 nitrogen and oxygen atoms in total. The van der Waals surface area contributed by atoms with E-state index in [0.717, 1.165) is 16.8 Å². The lowest BCUT2D eigenvalue weighted by atomic mass is 10.00. The quantitative estimate of drug-likeness (QED) is 0.503. The van der Waals surface area contributed by atoms with Crippen LogP contribution in [0.25, 0.3) is 0 Å². The Morgan fingerprint density at radius 3 is 2.90 bits per heavy atom. The number of nitrogens with zero attached hydrogens (tertiary/aromatic N) is 2. The van der Waals surface area contributed by atoms with Gasteiger partial charge in [-0.3, -0.25) is 14.9 Å². The van der Waals surface area contributed by atoms with E-state index in [1.54, 1.807) is 17.0 Å². The molecule has 20 heavy (non-hydrogen) atoms. The van der Waals surface area contributed by atoms with Gasteiger partial charge in [0.25, 0.3) is 5.69 Å². The van der Waals surface area contributed by atoms with Gasteiger partial charge in [0.1, 0.15) is 0 Å². The van der Waals surface area contributed by atoms with E-state index >= 15 is 0 Å². The maximum absolute atomic E-state index is 12.0. The molecule has 0 aromatic heterocycles. The normalized spacial score (nSPS) is 14.1. The smallest absolute Gasteiger partial charge is 0.269 e. The number of nitro benzene ring substituents is 1. The molecule has 0 bridgehead atoms. The number of fused-ring (bicyclic) bond motifs is 1. The molecular weight excluding hydrogens is 258 g/mol. The van der Waals surface area contributed by atoms with Gasteiger partial charge in [0.05, 0.1) is 4.92 Å². The largest absolute Gasteiger partial charge is 0.316 e. The van der Waals surface area contributed by atoms with Crippen LogP contribution >= 0.6 is 0 Å². The van der Waals surface area contributed by atoms with Gasteiger partial charge in [-0.25, -0.2) is 0 Å². The van der Waals surface area contributed by atoms with Crippen LogP contribution in [-0.4, -0.2) is 31.0 Å². The highest BCUT2D eigenvalue weighted by molar-refractivity contribution is 5.97. The number of hydrogen-bond donors (Lipinski definition) is 1. The van der Waals surface area contributed by atoms with E-state index < -0.39 is 4.92 Å². The second kappa shape index (κ2) is 5.83. The Bertz CT molecular complexity index is 569. The van der Waals surface area contributed by atoms with Crippen LogP contribution in [0.4, 0.5) is 11.4 Å². The number of hydrogen-bond acceptors (Lipinski definition) is 4. The summed E-state index contributed by atoms with van der Waals surface area (Å²) in [7, 11) is 1.82. The first-order valence-corrected chi connectivity index (χ1v) is 6.42. The van der Waals surface area contributed by atoms with Gasteiger partial charge in [-0.1, -0.05) is 6.58 Å². The van der Waals surface area contributed by atoms with Gasteiger partial charge in [0, 0.05) is 37.3 Å². The van der Waals surface area contributed by atoms with Gasteiger partial charge < -0.3 is 10.2 Å². The molecule has 1 aromatic carbocycles. The zero-order valence-electron chi connectivity index (χ0n) is 11.4. The summed E-state index contributed by atoms with van der Waals surface area (Å²) in [5, 5.41) is 13.8. The van der Waals surface area contributed by atoms with Gasteiger partial charge >= 0.3 is 0 Å². The van der Waals surface area contributed by atoms with Crippen molar-refractivity contribution in [1.82, 2.24) is 5.32 Å². The van der Waals surface area contributed by atoms with E-state index in [9.17, 15) is 14.9 Å². The van der Waals surface area contributed by atoms with Crippen molar-refractivity contribution in [2.45, 2.75) is 12.8 Å². The minimum absolute atomic E-state index is 0.0311. The number of nitrogens with one attached hydrogen (secondary N) is 1. The molecule has 0 saturated carbocycles. The molecule has 2 rings (SSSR count). The van der Waals surface area contributed by atoms with Crippen molar-refractivity contribution >= 4 is 17.3 Å². The summed E-state index contributed by atoms with van der Waals surface area (Å²) in [5.41, 5.74) is 2.55. The molecule has 1 heterocycles. The Hall–Kier alpha value is -2.21. The maximum atomic E-state index is 12.0. The second-order valence-electron chi connectivity index (χ2n) is 4.83. The van der Waals surface area contributed by atoms with Crippen molar-refractivity contribution in [3.05, 3.63) is 46.0 Å². The average molecular weight is 275 g/mol. The van der Waals surface area contributed by atoms with Crippen molar-refractivity contribution in [3.63, 3.8) is 0 Å². The van der Waals surface area contributed by atoms with Crippen LogP contribution in [0.15, 0.2) is 30.4 Å². The number of amides is 1. The van der Waals surface area contributed by atoms with Crippen molar-refractivity contribution in [1.29, 1.82) is 0 Å². The van der Waals surface area contributed by atoms with Crippen molar-refractivity contribution < 1.29 is 9.72 Å². The van der Waals surface area contributed by atoms with E-state index in [2.05, 4.69) is 11.9 Å². The van der Waals surface area contributed by atoms with Gasteiger partial charge in [-0.15, -0.1) is 0 Å². The molecule has 0 atom stereocenters. The number of carbonyl (C=O) groups is 1. The van der Waals surface area contributed by atoms with Gasteiger partial charge in [-0.2, -0.15) is 0 Å². The Labute approximate surface area is 117 Å². The van der Waals surface area contributed by atoms with E-state index in [4.69, 9.17) is 0 Å². The SMILES string of the molecule is C=C(CNC)CN1C(=O)CCc2cc([N+](=O)[O-])ccc21. The summed E-state index contributed by atoms with van der Waals surface area (Å²) in [6, 6.07) is 4.64. The molecule has 0 aliphatic carbocycles. The lowest BCUT2D eigenvalue weighted by molar-refractivity contribution is -0.384. The number of nitro groups is 1. The fraction of sp³-hybridized carbons (Fsp3) is 0.357. The van der Waals surface area contributed by atoms with Crippen LogP contribution in [0, 0.1) is 10.1 Å². The summed E-state index contributed by atoms with van der Waals surface area (Å²) in [6.45, 7) is 4.99. The molecule has 106 valence electrons. The Morgan fingerprint density at radius 1 is 1.50 bits per heavy atom. The van der Waals surface area contributed by atoms with E-state index in [-0.39, 0.29) is 11.6 Å². The lowest BCUT2D eigenvalue weighted by Gasteiger charge is -2.30. The first kappa shape index (κ1) is 14.2. The van der Waals surface area contributed by atoms with Gasteiger partial charge in [0.2, 0.25) is 5.91 Å². The summed E-state index contributed by atoms with van der Waals surface area (Å²) in [5.74, 6) is 0.0311. The Kier molecular flexibility index (Phi) is 4.14. The zero-order valence-corrected chi connectivity index (χ0v) is 11.4. The summed E-state index contributed by atoms with van der Waals surface area (Å²) >= 11 is 0. The molecule has 0 radical (unpaired) electrons. The summed E-state index contributed by atoms with van der Waals surface area (Å²) in [4.78, 5) is 24.1. The van der Waals surface area contributed by atoms with Crippen LogP contribution in [0.2, 0.25) is 0 Å². The number of aryl methyl sites for hydroxylation is 1. The number of carbonyl (C=O) groups excluding carboxylic acids is 1. The predicted molar refractivity (Wildman–Crippen MR) is 76.8 cm³/mol. The van der Waals surface area contributed by atoms with Crippen molar-refractivity contribution in [2.24, 2.45) is 0 Å². The molecule has 1 amide bonds. The first-order chi connectivity index (χ1) is 9.52. The van der Waals surface area contributed by atoms with Crippen LogP contribution in [0.3, 0.4) is 0 Å². The number of non-ortho nitro benzene ring substituents is 1. The van der Waals surface area contributed by atoms with Crippen LogP contribution < -0.4 is 10.2 Å². The molecule has 1 aliphatic heterocycles. The topological polar surface area (TPSA) is 75.5 Å². The standard InChI is InChI=1S/C14H17N3O3/c1-10(8-15-2)9-16-13-5-4-12(17(19)20)7-11(13)3-6-14(16)18/h4-5,7,15H,1,3,6,8-9H2,2H3. The molecule has 1 aliphatic rings. The van der Waals surface area contributed by atoms with Gasteiger partial charge in [0.15, 0.2) is 0 Å². The van der Waals surface area contributed by atoms with E-state index in [1.807, 2.05) is 7.05 Å². The third kappa shape index (κ3) is 2.85. The average Bonchev–Trinajstić information content (AvgIpc) is 2.41. The zero-order chi connectivity index (χ0) is 14.7. The number of likely N-dealkylation sites (N-methyl/N-ethyl adjacent to an activating group) is 1.